The SMILES string of the molecule is CC[C@@H]1C[C@H](NS(=O)(=O)C2CC2)CC1n1cnc2cnc3[nH]ccc3c21. The minimum atomic E-state index is -3.15. The highest BCUT2D eigenvalue weighted by Crippen LogP contribution is 2.41. The molecule has 3 atom stereocenters. The molecule has 2 aliphatic rings. The summed E-state index contributed by atoms with van der Waals surface area (Å²) in [5.74, 6) is 0.432. The predicted octanol–water partition coefficient (Wildman–Crippen LogP) is 2.72. The van der Waals surface area contributed by atoms with Gasteiger partial charge in [-0.1, -0.05) is 13.3 Å². The van der Waals surface area contributed by atoms with Crippen LogP contribution >= 0.6 is 0 Å². The van der Waals surface area contributed by atoms with Gasteiger partial charge in [-0.2, -0.15) is 0 Å². The van der Waals surface area contributed by atoms with Crippen molar-refractivity contribution in [2.24, 2.45) is 5.92 Å². The van der Waals surface area contributed by atoms with E-state index < -0.39 is 10.0 Å². The van der Waals surface area contributed by atoms with E-state index >= 15 is 0 Å². The number of nitrogens with one attached hydrogen (secondary N) is 2. The van der Waals surface area contributed by atoms with Crippen LogP contribution in [0.25, 0.3) is 22.1 Å². The molecule has 2 aliphatic carbocycles. The average molecular weight is 373 g/mol. The van der Waals surface area contributed by atoms with Gasteiger partial charge in [0.25, 0.3) is 0 Å². The molecule has 2 saturated carbocycles. The maximum Gasteiger partial charge on any atom is 0.214 e. The van der Waals surface area contributed by atoms with Crippen LogP contribution in [0.5, 0.6) is 0 Å². The Morgan fingerprint density at radius 2 is 2.15 bits per heavy atom. The van der Waals surface area contributed by atoms with E-state index in [1.165, 1.54) is 0 Å². The van der Waals surface area contributed by atoms with Crippen LogP contribution < -0.4 is 4.72 Å². The van der Waals surface area contributed by atoms with Gasteiger partial charge in [0.05, 0.1) is 23.3 Å². The fourth-order valence-corrected chi connectivity index (χ4v) is 6.07. The molecule has 0 amide bonds. The number of H-pyrrole nitrogens is 1. The molecule has 0 radical (unpaired) electrons. The van der Waals surface area contributed by atoms with Gasteiger partial charge in [-0.05, 0) is 37.7 Å². The molecule has 2 fully saturated rings. The van der Waals surface area contributed by atoms with E-state index in [1.807, 2.05) is 18.6 Å². The number of rotatable bonds is 5. The topological polar surface area (TPSA) is 92.7 Å². The monoisotopic (exact) mass is 373 g/mol. The summed E-state index contributed by atoms with van der Waals surface area (Å²) in [5, 5.41) is 0.901. The van der Waals surface area contributed by atoms with Crippen LogP contribution in [-0.2, 0) is 10.0 Å². The van der Waals surface area contributed by atoms with Gasteiger partial charge in [-0.25, -0.2) is 23.1 Å². The maximum absolute atomic E-state index is 12.3. The fraction of sp³-hybridized carbons (Fsp3) is 0.556. The lowest BCUT2D eigenvalue weighted by Crippen LogP contribution is -2.35. The number of pyridine rings is 1. The summed E-state index contributed by atoms with van der Waals surface area (Å²) in [6, 6.07) is 2.29. The molecule has 0 spiro atoms. The Bertz CT molecular complexity index is 1070. The van der Waals surface area contributed by atoms with Gasteiger partial charge in [0.2, 0.25) is 10.0 Å². The van der Waals surface area contributed by atoms with Crippen molar-refractivity contribution >= 4 is 32.1 Å². The van der Waals surface area contributed by atoms with Gasteiger partial charge in [-0.3, -0.25) is 0 Å². The van der Waals surface area contributed by atoms with Crippen molar-refractivity contribution in [3.63, 3.8) is 0 Å². The normalized spacial score (nSPS) is 26.9. The van der Waals surface area contributed by atoms with E-state index in [9.17, 15) is 8.42 Å². The van der Waals surface area contributed by atoms with Crippen molar-refractivity contribution in [1.82, 2.24) is 24.2 Å². The van der Waals surface area contributed by atoms with E-state index in [0.717, 1.165) is 54.2 Å². The van der Waals surface area contributed by atoms with Crippen LogP contribution in [-0.4, -0.2) is 39.2 Å². The minimum absolute atomic E-state index is 0.0107. The second-order valence-corrected chi connectivity index (χ2v) is 9.64. The molecule has 8 heteroatoms. The highest BCUT2D eigenvalue weighted by molar-refractivity contribution is 7.90. The smallest absolute Gasteiger partial charge is 0.214 e. The molecule has 2 N–H and O–H groups in total. The van der Waals surface area contributed by atoms with E-state index in [-0.39, 0.29) is 17.3 Å². The van der Waals surface area contributed by atoms with Crippen LogP contribution in [0.15, 0.2) is 24.8 Å². The first-order valence-electron chi connectivity index (χ1n) is 9.36. The molecular weight excluding hydrogens is 350 g/mol. The first kappa shape index (κ1) is 16.3. The van der Waals surface area contributed by atoms with Crippen molar-refractivity contribution in [3.8, 4) is 0 Å². The second kappa shape index (κ2) is 5.79. The lowest BCUT2D eigenvalue weighted by molar-refractivity contribution is 0.377. The Hall–Kier alpha value is -1.93. The van der Waals surface area contributed by atoms with E-state index in [2.05, 4.69) is 31.2 Å². The Morgan fingerprint density at radius 3 is 2.92 bits per heavy atom. The first-order chi connectivity index (χ1) is 12.6. The number of fused-ring (bicyclic) bond motifs is 3. The van der Waals surface area contributed by atoms with Crippen molar-refractivity contribution in [2.75, 3.05) is 0 Å². The minimum Gasteiger partial charge on any atom is -0.346 e. The zero-order valence-corrected chi connectivity index (χ0v) is 15.5. The van der Waals surface area contributed by atoms with Crippen LogP contribution in [0.2, 0.25) is 0 Å². The quantitative estimate of drug-likeness (QED) is 0.719. The van der Waals surface area contributed by atoms with Gasteiger partial charge in [0.15, 0.2) is 0 Å². The molecule has 5 rings (SSSR count). The Morgan fingerprint density at radius 1 is 1.31 bits per heavy atom. The Kier molecular flexibility index (Phi) is 3.62. The van der Waals surface area contributed by atoms with Crippen molar-refractivity contribution in [2.45, 2.75) is 56.4 Å². The zero-order valence-electron chi connectivity index (χ0n) is 14.7. The number of nitrogens with zero attached hydrogens (tertiary/aromatic N) is 3. The summed E-state index contributed by atoms with van der Waals surface area (Å²) in [6.07, 6.45) is 9.90. The molecule has 0 aromatic carbocycles. The fourth-order valence-electron chi connectivity index (χ4n) is 4.47. The second-order valence-electron chi connectivity index (χ2n) is 7.65. The van der Waals surface area contributed by atoms with Crippen LogP contribution in [0.1, 0.15) is 45.1 Å². The molecule has 1 unspecified atom stereocenters. The van der Waals surface area contributed by atoms with Crippen molar-refractivity contribution in [1.29, 1.82) is 0 Å². The summed E-state index contributed by atoms with van der Waals surface area (Å²) < 4.78 is 29.9. The summed E-state index contributed by atoms with van der Waals surface area (Å²) in [4.78, 5) is 12.1. The summed E-state index contributed by atoms with van der Waals surface area (Å²) in [5.41, 5.74) is 2.83. The largest absolute Gasteiger partial charge is 0.346 e. The molecule has 0 aliphatic heterocycles. The van der Waals surface area contributed by atoms with Crippen LogP contribution in [0.3, 0.4) is 0 Å². The first-order valence-corrected chi connectivity index (χ1v) is 10.9. The number of aromatic nitrogens is 4. The van der Waals surface area contributed by atoms with Crippen LogP contribution in [0.4, 0.5) is 0 Å². The lowest BCUT2D eigenvalue weighted by atomic mass is 10.0. The molecule has 3 aromatic rings. The highest BCUT2D eigenvalue weighted by Gasteiger charge is 2.41. The van der Waals surface area contributed by atoms with Gasteiger partial charge < -0.3 is 9.55 Å². The highest BCUT2D eigenvalue weighted by atomic mass is 32.2. The number of imidazole rings is 1. The number of sulfonamides is 1. The van der Waals surface area contributed by atoms with Gasteiger partial charge in [-0.15, -0.1) is 0 Å². The number of aromatic amines is 1. The Balaban J connectivity index is 1.50. The third-order valence-electron chi connectivity index (χ3n) is 5.95. The predicted molar refractivity (Wildman–Crippen MR) is 100 cm³/mol. The molecule has 138 valence electrons. The number of hydrogen-bond acceptors (Lipinski definition) is 4. The molecule has 3 heterocycles. The Labute approximate surface area is 152 Å². The molecule has 26 heavy (non-hydrogen) atoms. The molecular formula is C18H23N5O2S. The van der Waals surface area contributed by atoms with Crippen molar-refractivity contribution in [3.05, 3.63) is 24.8 Å². The zero-order chi connectivity index (χ0) is 17.9. The summed E-state index contributed by atoms with van der Waals surface area (Å²) in [7, 11) is -3.15. The third kappa shape index (κ3) is 2.54. The molecule has 0 bridgehead atoms. The third-order valence-corrected chi connectivity index (χ3v) is 7.96. The molecule has 3 aromatic heterocycles. The summed E-state index contributed by atoms with van der Waals surface area (Å²) >= 11 is 0. The van der Waals surface area contributed by atoms with E-state index in [4.69, 9.17) is 0 Å². The average Bonchev–Trinajstić information content (AvgIpc) is 3.06. The van der Waals surface area contributed by atoms with Gasteiger partial charge >= 0.3 is 0 Å². The molecule has 7 nitrogen and oxygen atoms in total. The van der Waals surface area contributed by atoms with Gasteiger partial charge in [0.1, 0.15) is 11.2 Å². The summed E-state index contributed by atoms with van der Waals surface area (Å²) in [6.45, 7) is 2.18. The lowest BCUT2D eigenvalue weighted by Gasteiger charge is -2.20. The standard InChI is InChI=1S/C18H23N5O2S/c1-2-11-7-12(22-26(24,25)13-3-4-13)8-16(11)23-10-21-15-9-20-18-14(17(15)23)5-6-19-18/h5-6,9-13,16,22H,2-4,7-8H2,1H3,(H,19,20)/t11-,12+,16?/m1/s1. The number of hydrogen-bond donors (Lipinski definition) is 2. The van der Waals surface area contributed by atoms with Gasteiger partial charge in [0, 0.05) is 23.7 Å². The van der Waals surface area contributed by atoms with E-state index in [0.29, 0.717) is 5.92 Å². The van der Waals surface area contributed by atoms with Crippen LogP contribution in [0, 0.1) is 5.92 Å². The van der Waals surface area contributed by atoms with Crippen molar-refractivity contribution < 1.29 is 8.42 Å². The molecule has 0 saturated heterocycles. The maximum atomic E-state index is 12.3. The van der Waals surface area contributed by atoms with E-state index in [1.54, 1.807) is 6.20 Å².